The quantitative estimate of drug-likeness (QED) is 0.0222. The number of esters is 4. The lowest BCUT2D eigenvalue weighted by Gasteiger charge is -2.21. The van der Waals surface area contributed by atoms with Gasteiger partial charge in [0.25, 0.3) is 0 Å². The highest BCUT2D eigenvalue weighted by molar-refractivity contribution is 7.47. The van der Waals surface area contributed by atoms with Crippen molar-refractivity contribution in [1.29, 1.82) is 0 Å². The molecule has 0 amide bonds. The maximum absolute atomic E-state index is 13.0. The zero-order valence-corrected chi connectivity index (χ0v) is 59.0. The second kappa shape index (κ2) is 60.0. The third-order valence-electron chi connectivity index (χ3n) is 15.9. The van der Waals surface area contributed by atoms with E-state index in [2.05, 4.69) is 48.5 Å². The largest absolute Gasteiger partial charge is 0.472 e. The Hall–Kier alpha value is -1.94. The van der Waals surface area contributed by atoms with E-state index in [0.717, 1.165) is 108 Å². The van der Waals surface area contributed by atoms with Crippen molar-refractivity contribution >= 4 is 39.5 Å². The number of hydrogen-bond donors (Lipinski definition) is 3. The van der Waals surface area contributed by atoms with Crippen LogP contribution in [0.2, 0.25) is 0 Å². The second-order valence-corrected chi connectivity index (χ2v) is 29.3. The van der Waals surface area contributed by atoms with Crippen LogP contribution in [-0.2, 0) is 65.4 Å². The van der Waals surface area contributed by atoms with Gasteiger partial charge in [0.15, 0.2) is 12.2 Å². The number of phosphoric acid groups is 2. The molecule has 522 valence electrons. The van der Waals surface area contributed by atoms with Gasteiger partial charge < -0.3 is 33.8 Å². The van der Waals surface area contributed by atoms with Crippen LogP contribution in [0.5, 0.6) is 0 Å². The molecule has 17 nitrogen and oxygen atoms in total. The third kappa shape index (κ3) is 62.8. The Labute approximate surface area is 537 Å². The highest BCUT2D eigenvalue weighted by Crippen LogP contribution is 2.45. The average Bonchev–Trinajstić information content (AvgIpc) is 3.58. The molecule has 3 N–H and O–H groups in total. The number of carbonyl (C=O) groups excluding carboxylic acids is 4. The number of aliphatic hydroxyl groups is 1. The second-order valence-electron chi connectivity index (χ2n) is 26.3. The minimum absolute atomic E-state index is 0.103. The number of carbonyl (C=O) groups is 4. The molecular weight excluding hydrogens is 1160 g/mol. The molecule has 0 aliphatic heterocycles. The third-order valence-corrected chi connectivity index (χ3v) is 17.8. The van der Waals surface area contributed by atoms with Gasteiger partial charge >= 0.3 is 39.5 Å². The molecule has 0 saturated carbocycles. The van der Waals surface area contributed by atoms with Crippen molar-refractivity contribution in [2.45, 2.75) is 362 Å². The van der Waals surface area contributed by atoms with E-state index >= 15 is 0 Å². The van der Waals surface area contributed by atoms with Gasteiger partial charge in [-0.15, -0.1) is 0 Å². The Morgan fingerprint density at radius 3 is 0.773 bits per heavy atom. The predicted molar refractivity (Wildman–Crippen MR) is 354 cm³/mol. The van der Waals surface area contributed by atoms with Crippen LogP contribution in [0, 0.1) is 17.8 Å². The van der Waals surface area contributed by atoms with E-state index in [4.69, 9.17) is 37.0 Å². The highest BCUT2D eigenvalue weighted by Gasteiger charge is 2.30. The van der Waals surface area contributed by atoms with Gasteiger partial charge in [0.05, 0.1) is 26.4 Å². The first kappa shape index (κ1) is 86.1. The predicted octanol–water partition coefficient (Wildman–Crippen LogP) is 19.5. The fourth-order valence-corrected chi connectivity index (χ4v) is 11.9. The lowest BCUT2D eigenvalue weighted by Crippen LogP contribution is -2.30. The van der Waals surface area contributed by atoms with E-state index in [1.165, 1.54) is 148 Å². The molecular formula is C69H134O17P2. The minimum Gasteiger partial charge on any atom is -0.462 e. The number of rotatable bonds is 67. The molecule has 0 aromatic carbocycles. The summed E-state index contributed by atoms with van der Waals surface area (Å²) >= 11 is 0. The summed E-state index contributed by atoms with van der Waals surface area (Å²) in [6.45, 7) is 11.7. The summed E-state index contributed by atoms with van der Waals surface area (Å²) in [6, 6.07) is 0. The van der Waals surface area contributed by atoms with Gasteiger partial charge in [-0.3, -0.25) is 37.3 Å². The molecule has 0 rings (SSSR count). The van der Waals surface area contributed by atoms with E-state index < -0.39 is 97.5 Å². The van der Waals surface area contributed by atoms with E-state index in [0.29, 0.717) is 31.6 Å². The number of ether oxygens (including phenoxy) is 4. The summed E-state index contributed by atoms with van der Waals surface area (Å²) in [5.41, 5.74) is 0. The van der Waals surface area contributed by atoms with Crippen LogP contribution in [0.3, 0.4) is 0 Å². The summed E-state index contributed by atoms with van der Waals surface area (Å²) in [7, 11) is -9.90. The zero-order valence-electron chi connectivity index (χ0n) is 57.2. The topological polar surface area (TPSA) is 237 Å². The molecule has 0 aromatic rings. The van der Waals surface area contributed by atoms with Gasteiger partial charge in [-0.2, -0.15) is 0 Å². The average molecular weight is 1300 g/mol. The highest BCUT2D eigenvalue weighted by atomic mass is 31.2. The first-order chi connectivity index (χ1) is 42.2. The standard InChI is InChI=1S/C69H134O17P2/c1-8-9-10-11-12-13-14-15-16-17-18-21-30-38-45-52-68(73)85-64(56-79-66(71)50-43-36-29-22-19-20-26-33-40-47-60(2)3)58-83-87(75,76)81-54-63(70)55-82-88(77,78)84-59-65(57-80-67(72)51-44-37-32-25-28-35-42-49-62(6)7)86-69(74)53-46-39-31-24-23-27-34-41-48-61(4)5/h60-65,70H,8-59H2,1-7H3,(H,75,76)(H,77,78)/t63-,64-,65-/m1/s1. The van der Waals surface area contributed by atoms with Gasteiger partial charge in [0.1, 0.15) is 19.3 Å². The fourth-order valence-electron chi connectivity index (χ4n) is 10.4. The summed E-state index contributed by atoms with van der Waals surface area (Å²) in [4.78, 5) is 72.5. The lowest BCUT2D eigenvalue weighted by atomic mass is 10.0. The summed E-state index contributed by atoms with van der Waals surface area (Å²) < 4.78 is 68.2. The molecule has 88 heavy (non-hydrogen) atoms. The monoisotopic (exact) mass is 1300 g/mol. The van der Waals surface area contributed by atoms with E-state index in [1.807, 2.05) is 0 Å². The molecule has 5 atom stereocenters. The SMILES string of the molecule is CCCCCCCCCCCCCCCCCC(=O)O[C@H](COC(=O)CCCCCCCCCCCC(C)C)COP(=O)(O)OC[C@@H](O)COP(=O)(O)OC[C@@H](COC(=O)CCCCCCCCCC(C)C)OC(=O)CCCCCCCCCCC(C)C. The maximum Gasteiger partial charge on any atom is 0.472 e. The first-order valence-electron chi connectivity index (χ1n) is 35.8. The summed E-state index contributed by atoms with van der Waals surface area (Å²) in [5.74, 6) is 0.0377. The molecule has 0 aliphatic carbocycles. The molecule has 0 spiro atoms. The molecule has 2 unspecified atom stereocenters. The van der Waals surface area contributed by atoms with E-state index in [9.17, 15) is 43.2 Å². The van der Waals surface area contributed by atoms with Crippen LogP contribution < -0.4 is 0 Å². The van der Waals surface area contributed by atoms with Crippen LogP contribution in [-0.4, -0.2) is 96.7 Å². The Morgan fingerprint density at radius 1 is 0.307 bits per heavy atom. The number of phosphoric ester groups is 2. The van der Waals surface area contributed by atoms with Crippen LogP contribution in [0.25, 0.3) is 0 Å². The fraction of sp³-hybridized carbons (Fsp3) is 0.942. The maximum atomic E-state index is 13.0. The van der Waals surface area contributed by atoms with Crippen molar-refractivity contribution in [3.05, 3.63) is 0 Å². The molecule has 0 radical (unpaired) electrons. The van der Waals surface area contributed by atoms with E-state index in [1.54, 1.807) is 0 Å². The van der Waals surface area contributed by atoms with Gasteiger partial charge in [0, 0.05) is 25.7 Å². The van der Waals surface area contributed by atoms with Crippen molar-refractivity contribution in [2.75, 3.05) is 39.6 Å². The van der Waals surface area contributed by atoms with Crippen LogP contribution in [0.1, 0.15) is 344 Å². The lowest BCUT2D eigenvalue weighted by molar-refractivity contribution is -0.161. The number of aliphatic hydroxyl groups excluding tert-OH is 1. The Bertz CT molecular complexity index is 1730. The van der Waals surface area contributed by atoms with Gasteiger partial charge in [0.2, 0.25) is 0 Å². The zero-order chi connectivity index (χ0) is 65.2. The van der Waals surface area contributed by atoms with E-state index in [-0.39, 0.29) is 25.7 Å². The van der Waals surface area contributed by atoms with Gasteiger partial charge in [-0.05, 0) is 43.4 Å². The number of unbranched alkanes of at least 4 members (excludes halogenated alkanes) is 35. The smallest absolute Gasteiger partial charge is 0.462 e. The van der Waals surface area contributed by atoms with Crippen LogP contribution in [0.4, 0.5) is 0 Å². The molecule has 0 aromatic heterocycles. The molecule has 0 heterocycles. The normalized spacial score (nSPS) is 14.2. The summed E-state index contributed by atoms with van der Waals surface area (Å²) in [5, 5.41) is 10.6. The van der Waals surface area contributed by atoms with Crippen LogP contribution in [0.15, 0.2) is 0 Å². The Kier molecular flexibility index (Phi) is 58.7. The molecule has 0 aliphatic rings. The molecule has 0 saturated heterocycles. The molecule has 0 bridgehead atoms. The summed E-state index contributed by atoms with van der Waals surface area (Å²) in [6.07, 6.45) is 43.2. The molecule has 0 fully saturated rings. The first-order valence-corrected chi connectivity index (χ1v) is 38.8. The van der Waals surface area contributed by atoms with Crippen molar-refractivity contribution in [3.8, 4) is 0 Å². The number of hydrogen-bond acceptors (Lipinski definition) is 15. The van der Waals surface area contributed by atoms with Gasteiger partial charge in [-0.1, -0.05) is 292 Å². The van der Waals surface area contributed by atoms with Crippen molar-refractivity contribution < 1.29 is 80.2 Å². The minimum atomic E-state index is -4.95. The van der Waals surface area contributed by atoms with Crippen molar-refractivity contribution in [2.24, 2.45) is 17.8 Å². The Balaban J connectivity index is 5.25. The Morgan fingerprint density at radius 2 is 0.523 bits per heavy atom. The van der Waals surface area contributed by atoms with Crippen molar-refractivity contribution in [3.63, 3.8) is 0 Å². The van der Waals surface area contributed by atoms with Crippen LogP contribution >= 0.6 is 15.6 Å². The van der Waals surface area contributed by atoms with Gasteiger partial charge in [-0.25, -0.2) is 9.13 Å². The van der Waals surface area contributed by atoms with Crippen molar-refractivity contribution in [1.82, 2.24) is 0 Å². The molecule has 19 heteroatoms.